The number of aryl methyl sites for hydroxylation is 3. The van der Waals surface area contributed by atoms with Crippen molar-refractivity contribution in [3.63, 3.8) is 0 Å². The molecule has 0 radical (unpaired) electrons. The molecular formula is C20H27N5O3S. The Balaban J connectivity index is 1.42. The number of carbonyl (C=O) groups excluding carboxylic acids is 1. The van der Waals surface area contributed by atoms with Crippen LogP contribution in [0.15, 0.2) is 35.5 Å². The van der Waals surface area contributed by atoms with Crippen molar-refractivity contribution in [3.8, 4) is 0 Å². The Morgan fingerprint density at radius 1 is 1.07 bits per heavy atom. The Labute approximate surface area is 171 Å². The molecule has 3 heterocycles. The maximum absolute atomic E-state index is 13.1. The smallest absolute Gasteiger partial charge is 0.244 e. The van der Waals surface area contributed by atoms with Crippen LogP contribution in [0.4, 0.5) is 5.69 Å². The van der Waals surface area contributed by atoms with Crippen LogP contribution in [0.1, 0.15) is 17.5 Å². The number of hydrogen-bond donors (Lipinski definition) is 0. The lowest BCUT2D eigenvalue weighted by Crippen LogP contribution is -2.53. The molecule has 9 heteroatoms. The summed E-state index contributed by atoms with van der Waals surface area (Å²) < 4.78 is 29.4. The Morgan fingerprint density at radius 2 is 1.79 bits per heavy atom. The van der Waals surface area contributed by atoms with E-state index in [0.717, 1.165) is 23.2 Å². The molecule has 0 aliphatic carbocycles. The highest BCUT2D eigenvalue weighted by atomic mass is 32.2. The molecule has 4 rings (SSSR count). The van der Waals surface area contributed by atoms with Crippen LogP contribution in [0.2, 0.25) is 0 Å². The van der Waals surface area contributed by atoms with Crippen LogP contribution in [0.3, 0.4) is 0 Å². The van der Waals surface area contributed by atoms with Crippen molar-refractivity contribution in [1.29, 1.82) is 0 Å². The third-order valence-electron chi connectivity index (χ3n) is 5.84. The lowest BCUT2D eigenvalue weighted by Gasteiger charge is -2.36. The van der Waals surface area contributed by atoms with Gasteiger partial charge in [0.05, 0.1) is 22.8 Å². The highest BCUT2D eigenvalue weighted by molar-refractivity contribution is 7.89. The molecule has 1 atom stereocenters. The van der Waals surface area contributed by atoms with Gasteiger partial charge in [0, 0.05) is 46.0 Å². The maximum atomic E-state index is 13.1. The third kappa shape index (κ3) is 3.70. The summed E-state index contributed by atoms with van der Waals surface area (Å²) in [6, 6.07) is 5.23. The quantitative estimate of drug-likeness (QED) is 0.746. The van der Waals surface area contributed by atoms with Crippen molar-refractivity contribution in [2.24, 2.45) is 7.05 Å². The third-order valence-corrected chi connectivity index (χ3v) is 7.90. The van der Waals surface area contributed by atoms with Crippen molar-refractivity contribution in [1.82, 2.24) is 19.0 Å². The molecule has 2 aromatic rings. The van der Waals surface area contributed by atoms with Gasteiger partial charge in [-0.15, -0.1) is 0 Å². The fraction of sp³-hybridized carbons (Fsp3) is 0.500. The minimum atomic E-state index is -3.52. The van der Waals surface area contributed by atoms with Crippen molar-refractivity contribution in [3.05, 3.63) is 41.7 Å². The highest BCUT2D eigenvalue weighted by Crippen LogP contribution is 2.26. The first-order valence-corrected chi connectivity index (χ1v) is 11.3. The molecule has 0 spiro atoms. The normalized spacial score (nSPS) is 21.8. The topological polar surface area (TPSA) is 78.8 Å². The second-order valence-electron chi connectivity index (χ2n) is 7.88. The fourth-order valence-corrected chi connectivity index (χ4v) is 5.92. The molecule has 2 aliphatic heterocycles. The van der Waals surface area contributed by atoms with Gasteiger partial charge in [-0.1, -0.05) is 17.7 Å². The minimum Gasteiger partial charge on any atom is -0.308 e. The molecule has 2 fully saturated rings. The molecule has 8 nitrogen and oxygen atoms in total. The summed E-state index contributed by atoms with van der Waals surface area (Å²) in [5.74, 6) is 0.0729. The van der Waals surface area contributed by atoms with E-state index >= 15 is 0 Å². The van der Waals surface area contributed by atoms with Crippen molar-refractivity contribution in [2.75, 3.05) is 37.6 Å². The summed E-state index contributed by atoms with van der Waals surface area (Å²) in [4.78, 5) is 17.2. The summed E-state index contributed by atoms with van der Waals surface area (Å²) >= 11 is 0. The highest BCUT2D eigenvalue weighted by Gasteiger charge is 2.39. The molecule has 1 amide bonds. The van der Waals surface area contributed by atoms with Crippen LogP contribution in [0, 0.1) is 13.8 Å². The Kier molecular flexibility index (Phi) is 5.22. The van der Waals surface area contributed by atoms with Crippen molar-refractivity contribution >= 4 is 21.6 Å². The summed E-state index contributed by atoms with van der Waals surface area (Å²) in [5.41, 5.74) is 2.63. The number of piperazine rings is 1. The molecule has 0 saturated carbocycles. The van der Waals surface area contributed by atoms with Gasteiger partial charge in [0.25, 0.3) is 0 Å². The van der Waals surface area contributed by atoms with Gasteiger partial charge in [-0.3, -0.25) is 14.4 Å². The lowest BCUT2D eigenvalue weighted by molar-refractivity contribution is -0.122. The SMILES string of the molecule is Cc1ccc(S(=O)(=O)N2CCN(C3CCN(c4cnn(C)c4)C3=O)CC2)c(C)c1. The number of rotatable bonds is 4. The van der Waals surface area contributed by atoms with Crippen LogP contribution in [0.25, 0.3) is 0 Å². The first-order chi connectivity index (χ1) is 13.8. The second-order valence-corrected chi connectivity index (χ2v) is 9.78. The molecule has 1 aromatic heterocycles. The van der Waals surface area contributed by atoms with Crippen LogP contribution in [0.5, 0.6) is 0 Å². The summed E-state index contributed by atoms with van der Waals surface area (Å²) in [7, 11) is -1.69. The van der Waals surface area contributed by atoms with E-state index in [4.69, 9.17) is 0 Å². The maximum Gasteiger partial charge on any atom is 0.244 e. The van der Waals surface area contributed by atoms with Gasteiger partial charge >= 0.3 is 0 Å². The average molecular weight is 418 g/mol. The second kappa shape index (κ2) is 7.55. The summed E-state index contributed by atoms with van der Waals surface area (Å²) in [5, 5.41) is 4.15. The number of hydrogen-bond acceptors (Lipinski definition) is 5. The van der Waals surface area contributed by atoms with E-state index in [9.17, 15) is 13.2 Å². The first kappa shape index (κ1) is 20.1. The molecule has 29 heavy (non-hydrogen) atoms. The Hall–Kier alpha value is -2.23. The van der Waals surface area contributed by atoms with E-state index in [-0.39, 0.29) is 11.9 Å². The number of anilines is 1. The van der Waals surface area contributed by atoms with E-state index in [1.54, 1.807) is 26.2 Å². The molecule has 1 unspecified atom stereocenters. The van der Waals surface area contributed by atoms with Crippen LogP contribution in [-0.2, 0) is 21.9 Å². The lowest BCUT2D eigenvalue weighted by atomic mass is 10.2. The van der Waals surface area contributed by atoms with Gasteiger partial charge in [0.2, 0.25) is 15.9 Å². The van der Waals surface area contributed by atoms with Gasteiger partial charge in [-0.25, -0.2) is 8.42 Å². The van der Waals surface area contributed by atoms with Gasteiger partial charge in [-0.2, -0.15) is 9.40 Å². The van der Waals surface area contributed by atoms with Crippen LogP contribution in [-0.4, -0.2) is 72.1 Å². The summed E-state index contributed by atoms with van der Waals surface area (Å²) in [6.07, 6.45) is 4.29. The van der Waals surface area contributed by atoms with Crippen molar-refractivity contribution < 1.29 is 13.2 Å². The van der Waals surface area contributed by atoms with E-state index in [1.807, 2.05) is 39.2 Å². The van der Waals surface area contributed by atoms with E-state index in [1.165, 1.54) is 0 Å². The van der Waals surface area contributed by atoms with E-state index in [0.29, 0.717) is 37.6 Å². The number of sulfonamides is 1. The monoisotopic (exact) mass is 417 g/mol. The predicted octanol–water partition coefficient (Wildman–Crippen LogP) is 1.15. The molecular weight excluding hydrogens is 390 g/mol. The molecule has 1 aromatic carbocycles. The van der Waals surface area contributed by atoms with Crippen LogP contribution < -0.4 is 4.90 Å². The number of benzene rings is 1. The average Bonchev–Trinajstić information content (AvgIpc) is 3.27. The minimum absolute atomic E-state index is 0.0729. The molecule has 156 valence electrons. The largest absolute Gasteiger partial charge is 0.308 e. The van der Waals surface area contributed by atoms with Crippen LogP contribution >= 0.6 is 0 Å². The van der Waals surface area contributed by atoms with Gasteiger partial charge in [0.15, 0.2) is 0 Å². The zero-order valence-corrected chi connectivity index (χ0v) is 17.9. The number of aromatic nitrogens is 2. The Morgan fingerprint density at radius 3 is 2.41 bits per heavy atom. The van der Waals surface area contributed by atoms with Crippen molar-refractivity contribution in [2.45, 2.75) is 31.2 Å². The zero-order valence-electron chi connectivity index (χ0n) is 17.1. The van der Waals surface area contributed by atoms with Gasteiger partial charge in [0.1, 0.15) is 0 Å². The molecule has 2 aliphatic rings. The molecule has 0 N–H and O–H groups in total. The predicted molar refractivity (Wildman–Crippen MR) is 110 cm³/mol. The number of amides is 1. The standard InChI is InChI=1S/C20H27N5O3S/c1-15-4-5-19(16(2)12-15)29(27,28)24-10-8-23(9-11-24)18-6-7-25(20(18)26)17-13-21-22(3)14-17/h4-5,12-14,18H,6-11H2,1-3H3. The van der Waals surface area contributed by atoms with E-state index in [2.05, 4.69) is 10.00 Å². The van der Waals surface area contributed by atoms with Gasteiger partial charge in [-0.05, 0) is 31.9 Å². The first-order valence-electron chi connectivity index (χ1n) is 9.89. The fourth-order valence-electron chi connectivity index (χ4n) is 4.29. The number of carbonyl (C=O) groups is 1. The molecule has 0 bridgehead atoms. The molecule has 2 saturated heterocycles. The van der Waals surface area contributed by atoms with E-state index < -0.39 is 10.0 Å². The summed E-state index contributed by atoms with van der Waals surface area (Å²) in [6.45, 7) is 6.35. The zero-order chi connectivity index (χ0) is 20.8. The Bertz CT molecular complexity index is 1020. The number of nitrogens with zero attached hydrogens (tertiary/aromatic N) is 5. The van der Waals surface area contributed by atoms with Gasteiger partial charge < -0.3 is 4.90 Å².